The Labute approximate surface area is 116 Å². The fraction of sp³-hybridized carbons (Fsp3) is 0. The summed E-state index contributed by atoms with van der Waals surface area (Å²) in [5.74, 6) is 0. The van der Waals surface area contributed by atoms with Gasteiger partial charge in [0.25, 0.3) is 0 Å². The normalized spacial score (nSPS) is 13.2. The van der Waals surface area contributed by atoms with Gasteiger partial charge in [0.05, 0.1) is 9.73 Å². The van der Waals surface area contributed by atoms with E-state index >= 15 is 0 Å². The average Bonchev–Trinajstić information content (AvgIpc) is 2.36. The van der Waals surface area contributed by atoms with Gasteiger partial charge in [-0.05, 0) is 6.07 Å². The Morgan fingerprint density at radius 1 is 0.706 bits per heavy atom. The van der Waals surface area contributed by atoms with Crippen molar-refractivity contribution in [2.24, 2.45) is 0 Å². The first-order chi connectivity index (χ1) is 8.20. The zero-order valence-electron chi connectivity index (χ0n) is 8.81. The SMILES string of the molecule is S=C1c2ccccc2C(=S)c2c(S)cccc21. The maximum absolute atomic E-state index is 5.55. The largest absolute Gasteiger partial charge is 0.143 e. The molecular weight excluding hydrogens is 264 g/mol. The average molecular weight is 272 g/mol. The lowest BCUT2D eigenvalue weighted by Crippen LogP contribution is -2.19. The second kappa shape index (κ2) is 4.02. The van der Waals surface area contributed by atoms with E-state index in [4.69, 9.17) is 24.4 Å². The van der Waals surface area contributed by atoms with Crippen LogP contribution in [-0.4, -0.2) is 9.73 Å². The molecule has 1 aliphatic carbocycles. The van der Waals surface area contributed by atoms with Crippen LogP contribution in [-0.2, 0) is 0 Å². The minimum atomic E-state index is 0.842. The van der Waals surface area contributed by atoms with Crippen LogP contribution in [0.2, 0.25) is 0 Å². The van der Waals surface area contributed by atoms with Crippen LogP contribution < -0.4 is 0 Å². The highest BCUT2D eigenvalue weighted by atomic mass is 32.1. The third-order valence-electron chi connectivity index (χ3n) is 2.93. The van der Waals surface area contributed by atoms with Crippen molar-refractivity contribution in [3.63, 3.8) is 0 Å². The molecule has 0 fully saturated rings. The van der Waals surface area contributed by atoms with Crippen molar-refractivity contribution < 1.29 is 0 Å². The van der Waals surface area contributed by atoms with Gasteiger partial charge in [0, 0.05) is 27.1 Å². The van der Waals surface area contributed by atoms with Gasteiger partial charge in [0.15, 0.2) is 0 Å². The van der Waals surface area contributed by atoms with Gasteiger partial charge in [-0.25, -0.2) is 0 Å². The van der Waals surface area contributed by atoms with Gasteiger partial charge in [0.2, 0.25) is 0 Å². The molecule has 1 aliphatic rings. The van der Waals surface area contributed by atoms with Crippen molar-refractivity contribution in [3.05, 3.63) is 64.7 Å². The molecule has 0 spiro atoms. The number of hydrogen-bond donors (Lipinski definition) is 1. The zero-order valence-corrected chi connectivity index (χ0v) is 11.3. The molecule has 0 aliphatic heterocycles. The molecule has 0 saturated heterocycles. The van der Waals surface area contributed by atoms with Crippen LogP contribution in [0.25, 0.3) is 0 Å². The van der Waals surface area contributed by atoms with E-state index in [2.05, 4.69) is 12.6 Å². The topological polar surface area (TPSA) is 0 Å². The fourth-order valence-electron chi connectivity index (χ4n) is 2.13. The van der Waals surface area contributed by atoms with Crippen molar-refractivity contribution >= 4 is 46.8 Å². The lowest BCUT2D eigenvalue weighted by molar-refractivity contribution is 1.40. The highest BCUT2D eigenvalue weighted by molar-refractivity contribution is 7.83. The number of fused-ring (bicyclic) bond motifs is 2. The van der Waals surface area contributed by atoms with Gasteiger partial charge < -0.3 is 0 Å². The summed E-state index contributed by atoms with van der Waals surface area (Å²) in [5, 5.41) is 0. The van der Waals surface area contributed by atoms with Crippen LogP contribution >= 0.6 is 37.1 Å². The molecule has 2 aromatic rings. The van der Waals surface area contributed by atoms with E-state index < -0.39 is 0 Å². The first-order valence-corrected chi connectivity index (χ1v) is 6.47. The van der Waals surface area contributed by atoms with Crippen molar-refractivity contribution in [2.45, 2.75) is 4.90 Å². The second-order valence-corrected chi connectivity index (χ2v) is 5.20. The summed E-state index contributed by atoms with van der Waals surface area (Å²) in [6.07, 6.45) is 0. The molecular formula is C14H8S3. The van der Waals surface area contributed by atoms with Gasteiger partial charge in [-0.15, -0.1) is 12.6 Å². The van der Waals surface area contributed by atoms with Crippen LogP contribution in [0, 0.1) is 0 Å². The molecule has 0 heterocycles. The first-order valence-electron chi connectivity index (χ1n) is 5.20. The lowest BCUT2D eigenvalue weighted by atomic mass is 9.85. The molecule has 3 rings (SSSR count). The molecule has 0 amide bonds. The van der Waals surface area contributed by atoms with Crippen LogP contribution in [0.3, 0.4) is 0 Å². The summed E-state index contributed by atoms with van der Waals surface area (Å²) in [4.78, 5) is 2.60. The molecule has 0 atom stereocenters. The highest BCUT2D eigenvalue weighted by Crippen LogP contribution is 2.31. The van der Waals surface area contributed by atoms with Crippen LogP contribution in [0.4, 0.5) is 0 Å². The standard InChI is InChI=1S/C14H8S3/c15-11-7-3-6-10-12(11)14(17)9-5-2-1-4-8(9)13(10)16/h1-7,15H. The Morgan fingerprint density at radius 2 is 1.29 bits per heavy atom. The molecule has 17 heavy (non-hydrogen) atoms. The van der Waals surface area contributed by atoms with E-state index in [0.29, 0.717) is 0 Å². The molecule has 0 radical (unpaired) electrons. The number of benzene rings is 2. The third-order valence-corrected chi connectivity index (χ3v) is 4.17. The van der Waals surface area contributed by atoms with Crippen molar-refractivity contribution in [1.29, 1.82) is 0 Å². The molecule has 0 N–H and O–H groups in total. The Hall–Kier alpha value is -1.03. The van der Waals surface area contributed by atoms with E-state index in [1.165, 1.54) is 0 Å². The molecule has 0 saturated carbocycles. The monoisotopic (exact) mass is 272 g/mol. The third kappa shape index (κ3) is 1.58. The van der Waals surface area contributed by atoms with E-state index in [-0.39, 0.29) is 0 Å². The summed E-state index contributed by atoms with van der Waals surface area (Å²) in [5.41, 5.74) is 4.12. The van der Waals surface area contributed by atoms with Gasteiger partial charge in [-0.3, -0.25) is 0 Å². The van der Waals surface area contributed by atoms with Crippen molar-refractivity contribution in [1.82, 2.24) is 0 Å². The minimum Gasteiger partial charge on any atom is -0.143 e. The molecule has 2 aromatic carbocycles. The predicted molar refractivity (Wildman–Crippen MR) is 81.7 cm³/mol. The predicted octanol–water partition coefficient (Wildman–Crippen LogP) is 3.82. The van der Waals surface area contributed by atoms with E-state index in [9.17, 15) is 0 Å². The Balaban J connectivity index is 2.37. The van der Waals surface area contributed by atoms with E-state index in [0.717, 1.165) is 36.9 Å². The number of thiol groups is 1. The molecule has 82 valence electrons. The van der Waals surface area contributed by atoms with Crippen LogP contribution in [0.5, 0.6) is 0 Å². The maximum atomic E-state index is 5.55. The van der Waals surface area contributed by atoms with Crippen LogP contribution in [0.15, 0.2) is 47.4 Å². The summed E-state index contributed by atoms with van der Waals surface area (Å²) < 4.78 is 0. The molecule has 3 heteroatoms. The second-order valence-electron chi connectivity index (χ2n) is 3.90. The van der Waals surface area contributed by atoms with Crippen LogP contribution in [0.1, 0.15) is 22.3 Å². The molecule has 0 nitrogen and oxygen atoms in total. The molecule has 0 unspecified atom stereocenters. The minimum absolute atomic E-state index is 0.842. The quantitative estimate of drug-likeness (QED) is 0.488. The Bertz CT molecular complexity index is 656. The summed E-state index contributed by atoms with van der Waals surface area (Å²) in [7, 11) is 0. The highest BCUT2D eigenvalue weighted by Gasteiger charge is 2.25. The van der Waals surface area contributed by atoms with Gasteiger partial charge in [-0.2, -0.15) is 0 Å². The number of rotatable bonds is 0. The maximum Gasteiger partial charge on any atom is 0.0546 e. The molecule has 0 aromatic heterocycles. The Kier molecular flexibility index (Phi) is 2.62. The lowest BCUT2D eigenvalue weighted by Gasteiger charge is -2.22. The van der Waals surface area contributed by atoms with E-state index in [1.54, 1.807) is 0 Å². The number of thiocarbonyl (C=S) groups is 2. The Morgan fingerprint density at radius 3 is 2.00 bits per heavy atom. The first kappa shape index (κ1) is 11.1. The summed E-state index contributed by atoms with van der Waals surface area (Å²) in [6.45, 7) is 0. The summed E-state index contributed by atoms with van der Waals surface area (Å²) in [6, 6.07) is 13.9. The molecule has 0 bridgehead atoms. The zero-order chi connectivity index (χ0) is 12.0. The van der Waals surface area contributed by atoms with Crippen molar-refractivity contribution in [2.75, 3.05) is 0 Å². The van der Waals surface area contributed by atoms with Gasteiger partial charge in [-0.1, -0.05) is 60.8 Å². The fourth-order valence-corrected chi connectivity index (χ4v) is 3.27. The van der Waals surface area contributed by atoms with E-state index in [1.807, 2.05) is 42.5 Å². The van der Waals surface area contributed by atoms with Gasteiger partial charge >= 0.3 is 0 Å². The number of hydrogen-bond acceptors (Lipinski definition) is 3. The van der Waals surface area contributed by atoms with Gasteiger partial charge in [0.1, 0.15) is 0 Å². The summed E-state index contributed by atoms with van der Waals surface area (Å²) >= 11 is 15.6. The smallest absolute Gasteiger partial charge is 0.0546 e. The van der Waals surface area contributed by atoms with Crippen molar-refractivity contribution in [3.8, 4) is 0 Å².